The number of anilines is 2. The van der Waals surface area contributed by atoms with Crippen molar-refractivity contribution in [2.45, 2.75) is 148 Å². The first-order chi connectivity index (χ1) is 19.5. The highest BCUT2D eigenvalue weighted by Crippen LogP contribution is 2.34. The van der Waals surface area contributed by atoms with E-state index >= 15 is 0 Å². The fraction of sp³-hybridized carbons (Fsp3) is 0.909. The smallest absolute Gasteiger partial charge is 0.230 e. The van der Waals surface area contributed by atoms with Gasteiger partial charge in [0.1, 0.15) is 5.82 Å². The Morgan fingerprint density at radius 3 is 1.76 bits per heavy atom. The zero-order valence-electron chi connectivity index (χ0n) is 28.6. The Bertz CT molecular complexity index is 987. The minimum absolute atomic E-state index is 0.0577. The molecule has 0 aromatic carbocycles. The van der Waals surface area contributed by atoms with Crippen LogP contribution in [0, 0.1) is 6.92 Å². The zero-order valence-corrected chi connectivity index (χ0v) is 28.6. The van der Waals surface area contributed by atoms with Crippen LogP contribution in [0.2, 0.25) is 0 Å². The van der Waals surface area contributed by atoms with Crippen molar-refractivity contribution in [1.82, 2.24) is 30.5 Å². The van der Waals surface area contributed by atoms with Crippen LogP contribution in [-0.4, -0.2) is 101 Å². The number of nitrogens with one attached hydrogen (secondary N) is 2. The largest absolute Gasteiger partial charge is 0.378 e. The average molecular weight is 587 g/mol. The van der Waals surface area contributed by atoms with Gasteiger partial charge in [-0.05, 0) is 114 Å². The molecule has 3 aliphatic rings. The van der Waals surface area contributed by atoms with Crippen molar-refractivity contribution < 1.29 is 4.74 Å². The van der Waals surface area contributed by atoms with Gasteiger partial charge in [0.05, 0.1) is 13.2 Å². The fourth-order valence-corrected chi connectivity index (χ4v) is 8.18. The van der Waals surface area contributed by atoms with Crippen LogP contribution in [-0.2, 0) is 4.74 Å². The van der Waals surface area contributed by atoms with E-state index in [9.17, 15) is 0 Å². The lowest BCUT2D eigenvalue weighted by Crippen LogP contribution is -2.62. The van der Waals surface area contributed by atoms with Crippen molar-refractivity contribution in [3.63, 3.8) is 0 Å². The van der Waals surface area contributed by atoms with Crippen molar-refractivity contribution >= 4 is 11.9 Å². The minimum atomic E-state index is 0.0577. The molecule has 3 saturated heterocycles. The standard InChI is InChI=1S/C33H62N8O/c1-25-34-28(40-17-19-42-20-18-40)36-29(35-25)41(27-23-32(6,7)38-33(8,9)24-27)16-14-12-11-13-15-39(10)26-21-30(2,3)37-31(4,5)22-26/h26-27,37-38H,11-24H2,1-10H3. The number of ether oxygens (including phenoxy) is 1. The summed E-state index contributed by atoms with van der Waals surface area (Å²) >= 11 is 0. The van der Waals surface area contributed by atoms with Gasteiger partial charge < -0.3 is 30.1 Å². The summed E-state index contributed by atoms with van der Waals surface area (Å²) in [5.74, 6) is 2.44. The molecule has 42 heavy (non-hydrogen) atoms. The predicted octanol–water partition coefficient (Wildman–Crippen LogP) is 4.93. The van der Waals surface area contributed by atoms with E-state index in [1.165, 1.54) is 38.6 Å². The van der Waals surface area contributed by atoms with Crippen LogP contribution >= 0.6 is 0 Å². The Balaban J connectivity index is 1.38. The molecule has 240 valence electrons. The molecule has 9 nitrogen and oxygen atoms in total. The van der Waals surface area contributed by atoms with Crippen LogP contribution in [0.3, 0.4) is 0 Å². The Labute approximate surface area is 257 Å². The second-order valence-electron chi connectivity index (χ2n) is 16.1. The first-order valence-corrected chi connectivity index (χ1v) is 16.6. The summed E-state index contributed by atoms with van der Waals surface area (Å²) in [4.78, 5) is 22.1. The fourth-order valence-electron chi connectivity index (χ4n) is 8.18. The molecular weight excluding hydrogens is 524 g/mol. The third-order valence-corrected chi connectivity index (χ3v) is 9.34. The molecule has 0 aliphatic carbocycles. The first kappa shape index (κ1) is 33.3. The van der Waals surface area contributed by atoms with Gasteiger partial charge in [-0.2, -0.15) is 15.0 Å². The predicted molar refractivity (Wildman–Crippen MR) is 175 cm³/mol. The summed E-state index contributed by atoms with van der Waals surface area (Å²) in [5.41, 5.74) is 0.498. The third-order valence-electron chi connectivity index (χ3n) is 9.34. The Hall–Kier alpha value is -1.55. The van der Waals surface area contributed by atoms with E-state index in [4.69, 9.17) is 19.7 Å². The maximum absolute atomic E-state index is 5.59. The number of unbranched alkanes of at least 4 members (excludes halogenated alkanes) is 3. The van der Waals surface area contributed by atoms with Gasteiger partial charge in [-0.3, -0.25) is 0 Å². The van der Waals surface area contributed by atoms with Gasteiger partial charge >= 0.3 is 0 Å². The second kappa shape index (κ2) is 13.2. The Kier molecular flexibility index (Phi) is 10.5. The highest BCUT2D eigenvalue weighted by Gasteiger charge is 2.41. The number of nitrogens with zero attached hydrogens (tertiary/aromatic N) is 6. The lowest BCUT2D eigenvalue weighted by molar-refractivity contribution is 0.0805. The van der Waals surface area contributed by atoms with Crippen molar-refractivity contribution in [1.29, 1.82) is 0 Å². The van der Waals surface area contributed by atoms with Gasteiger partial charge in [0.25, 0.3) is 0 Å². The van der Waals surface area contributed by atoms with Crippen LogP contribution in [0.5, 0.6) is 0 Å². The molecule has 1 aromatic heterocycles. The normalized spacial score (nSPS) is 24.2. The monoisotopic (exact) mass is 587 g/mol. The summed E-state index contributed by atoms with van der Waals surface area (Å²) in [6.07, 6.45) is 9.45. The van der Waals surface area contributed by atoms with Gasteiger partial charge in [0, 0.05) is 53.9 Å². The number of hydrogen-bond donors (Lipinski definition) is 2. The molecule has 0 saturated carbocycles. The second-order valence-corrected chi connectivity index (χ2v) is 16.1. The van der Waals surface area contributed by atoms with E-state index in [1.54, 1.807) is 0 Å². The molecule has 4 rings (SSSR count). The molecule has 9 heteroatoms. The molecule has 0 radical (unpaired) electrons. The van der Waals surface area contributed by atoms with Crippen molar-refractivity contribution in [2.24, 2.45) is 0 Å². The maximum atomic E-state index is 5.59. The molecule has 0 spiro atoms. The quantitative estimate of drug-likeness (QED) is 0.351. The van der Waals surface area contributed by atoms with Gasteiger partial charge in [-0.1, -0.05) is 12.8 Å². The van der Waals surface area contributed by atoms with Gasteiger partial charge in [-0.25, -0.2) is 0 Å². The molecule has 0 amide bonds. The number of aromatic nitrogens is 3. The van der Waals surface area contributed by atoms with Gasteiger partial charge in [-0.15, -0.1) is 0 Å². The van der Waals surface area contributed by atoms with Gasteiger partial charge in [0.15, 0.2) is 0 Å². The lowest BCUT2D eigenvalue weighted by atomic mass is 9.79. The average Bonchev–Trinajstić information content (AvgIpc) is 2.84. The maximum Gasteiger partial charge on any atom is 0.230 e. The van der Waals surface area contributed by atoms with Crippen molar-refractivity contribution in [3.8, 4) is 0 Å². The molecule has 3 fully saturated rings. The molecular formula is C33H62N8O. The molecule has 0 bridgehead atoms. The minimum Gasteiger partial charge on any atom is -0.378 e. The third kappa shape index (κ3) is 9.47. The lowest BCUT2D eigenvalue weighted by Gasteiger charge is -2.49. The topological polar surface area (TPSA) is 81.7 Å². The summed E-state index contributed by atoms with van der Waals surface area (Å²) < 4.78 is 5.59. The zero-order chi connectivity index (χ0) is 30.8. The summed E-state index contributed by atoms with van der Waals surface area (Å²) in [7, 11) is 2.33. The van der Waals surface area contributed by atoms with E-state index in [0.717, 1.165) is 69.8 Å². The molecule has 4 heterocycles. The van der Waals surface area contributed by atoms with E-state index in [-0.39, 0.29) is 22.2 Å². The SMILES string of the molecule is Cc1nc(N2CCOCC2)nc(N(CCCCCCN(C)C2CC(C)(C)NC(C)(C)C2)C2CC(C)(C)NC(C)(C)C2)n1. The number of aryl methyl sites for hydroxylation is 1. The highest BCUT2D eigenvalue weighted by atomic mass is 16.5. The molecule has 0 unspecified atom stereocenters. The Morgan fingerprint density at radius 2 is 1.21 bits per heavy atom. The number of rotatable bonds is 11. The van der Waals surface area contributed by atoms with Crippen LogP contribution in [0.1, 0.15) is 113 Å². The highest BCUT2D eigenvalue weighted by molar-refractivity contribution is 5.41. The summed E-state index contributed by atoms with van der Waals surface area (Å²) in [5, 5.41) is 7.69. The van der Waals surface area contributed by atoms with E-state index in [0.29, 0.717) is 12.1 Å². The molecule has 1 aromatic rings. The number of piperidine rings is 2. The van der Waals surface area contributed by atoms with E-state index in [1.807, 2.05) is 6.92 Å². The van der Waals surface area contributed by atoms with Crippen molar-refractivity contribution in [3.05, 3.63) is 5.82 Å². The molecule has 2 N–H and O–H groups in total. The van der Waals surface area contributed by atoms with Crippen LogP contribution in [0.15, 0.2) is 0 Å². The van der Waals surface area contributed by atoms with Gasteiger partial charge in [0.2, 0.25) is 11.9 Å². The molecule has 0 atom stereocenters. The Morgan fingerprint density at radius 1 is 0.714 bits per heavy atom. The number of morpholine rings is 1. The first-order valence-electron chi connectivity index (χ1n) is 16.6. The van der Waals surface area contributed by atoms with E-state index < -0.39 is 0 Å². The van der Waals surface area contributed by atoms with Crippen LogP contribution < -0.4 is 20.4 Å². The summed E-state index contributed by atoms with van der Waals surface area (Å²) in [6.45, 7) is 26.0. The van der Waals surface area contributed by atoms with Crippen LogP contribution in [0.4, 0.5) is 11.9 Å². The summed E-state index contributed by atoms with van der Waals surface area (Å²) in [6, 6.07) is 1.03. The van der Waals surface area contributed by atoms with E-state index in [2.05, 4.69) is 87.8 Å². The molecule has 3 aliphatic heterocycles. The van der Waals surface area contributed by atoms with Crippen molar-refractivity contribution in [2.75, 3.05) is 56.2 Å². The number of hydrogen-bond acceptors (Lipinski definition) is 9. The van der Waals surface area contributed by atoms with Crippen LogP contribution in [0.25, 0.3) is 0 Å².